The second kappa shape index (κ2) is 8.17. The van der Waals surface area contributed by atoms with Crippen LogP contribution < -0.4 is 5.56 Å². The van der Waals surface area contributed by atoms with E-state index < -0.39 is 0 Å². The first-order chi connectivity index (χ1) is 9.78. The van der Waals surface area contributed by atoms with Crippen molar-refractivity contribution in [1.29, 1.82) is 0 Å². The lowest BCUT2D eigenvalue weighted by atomic mass is 10.2. The SMILES string of the molecule is CCSCc1cc(=O)[nH]c(SCCc2ccccc2)n1. The van der Waals surface area contributed by atoms with Crippen LogP contribution in [-0.4, -0.2) is 21.5 Å². The maximum atomic E-state index is 11.6. The topological polar surface area (TPSA) is 45.8 Å². The summed E-state index contributed by atoms with van der Waals surface area (Å²) in [5, 5.41) is 0.722. The minimum atomic E-state index is -0.0612. The number of benzene rings is 1. The van der Waals surface area contributed by atoms with E-state index in [0.717, 1.165) is 34.5 Å². The zero-order valence-electron chi connectivity index (χ0n) is 11.5. The Labute approximate surface area is 127 Å². The molecule has 0 unspecified atom stereocenters. The molecule has 0 radical (unpaired) electrons. The van der Waals surface area contributed by atoms with Crippen molar-refractivity contribution in [3.63, 3.8) is 0 Å². The third kappa shape index (κ3) is 5.06. The smallest absolute Gasteiger partial charge is 0.251 e. The summed E-state index contributed by atoms with van der Waals surface area (Å²) in [7, 11) is 0. The minimum Gasteiger partial charge on any atom is -0.301 e. The predicted molar refractivity (Wildman–Crippen MR) is 87.6 cm³/mol. The number of H-pyrrole nitrogens is 1. The Hall–Kier alpha value is -1.20. The maximum absolute atomic E-state index is 11.6. The Bertz CT molecular complexity index is 584. The van der Waals surface area contributed by atoms with Crippen molar-refractivity contribution in [2.45, 2.75) is 24.3 Å². The lowest BCUT2D eigenvalue weighted by Crippen LogP contribution is -2.10. The Kier molecular flexibility index (Phi) is 6.21. The number of rotatable bonds is 7. The van der Waals surface area contributed by atoms with Crippen LogP contribution in [0.4, 0.5) is 0 Å². The molecule has 5 heteroatoms. The summed E-state index contributed by atoms with van der Waals surface area (Å²) < 4.78 is 0. The average molecular weight is 306 g/mol. The van der Waals surface area contributed by atoms with Gasteiger partial charge in [0.25, 0.3) is 5.56 Å². The van der Waals surface area contributed by atoms with Gasteiger partial charge in [-0.15, -0.1) is 0 Å². The second-order valence-electron chi connectivity index (χ2n) is 4.26. The molecule has 20 heavy (non-hydrogen) atoms. The lowest BCUT2D eigenvalue weighted by Gasteiger charge is -2.04. The molecule has 1 aromatic heterocycles. The van der Waals surface area contributed by atoms with Crippen molar-refractivity contribution in [2.75, 3.05) is 11.5 Å². The highest BCUT2D eigenvalue weighted by molar-refractivity contribution is 7.99. The number of aromatic amines is 1. The molecule has 0 aliphatic rings. The van der Waals surface area contributed by atoms with E-state index in [4.69, 9.17) is 0 Å². The van der Waals surface area contributed by atoms with Gasteiger partial charge >= 0.3 is 0 Å². The highest BCUT2D eigenvalue weighted by atomic mass is 32.2. The first kappa shape index (κ1) is 15.2. The van der Waals surface area contributed by atoms with E-state index in [-0.39, 0.29) is 5.56 Å². The van der Waals surface area contributed by atoms with Crippen LogP contribution in [0.15, 0.2) is 46.3 Å². The van der Waals surface area contributed by atoms with Crippen molar-refractivity contribution in [1.82, 2.24) is 9.97 Å². The molecular formula is C15H18N2OS2. The van der Waals surface area contributed by atoms with Crippen LogP contribution in [0, 0.1) is 0 Å². The lowest BCUT2D eigenvalue weighted by molar-refractivity contribution is 0.898. The van der Waals surface area contributed by atoms with Crippen molar-refractivity contribution in [2.24, 2.45) is 0 Å². The molecule has 2 aromatic rings. The van der Waals surface area contributed by atoms with Crippen molar-refractivity contribution < 1.29 is 0 Å². The first-order valence-corrected chi connectivity index (χ1v) is 8.76. The van der Waals surface area contributed by atoms with Gasteiger partial charge in [-0.05, 0) is 17.7 Å². The van der Waals surface area contributed by atoms with E-state index >= 15 is 0 Å². The summed E-state index contributed by atoms with van der Waals surface area (Å²) in [5.41, 5.74) is 2.11. The van der Waals surface area contributed by atoms with Crippen LogP contribution in [-0.2, 0) is 12.2 Å². The van der Waals surface area contributed by atoms with E-state index in [2.05, 4.69) is 29.0 Å². The number of aryl methyl sites for hydroxylation is 1. The predicted octanol–water partition coefficient (Wildman–Crippen LogP) is 3.36. The van der Waals surface area contributed by atoms with Gasteiger partial charge in [-0.2, -0.15) is 11.8 Å². The summed E-state index contributed by atoms with van der Waals surface area (Å²) in [6.07, 6.45) is 0.975. The molecule has 0 spiro atoms. The summed E-state index contributed by atoms with van der Waals surface area (Å²) in [6, 6.07) is 11.9. The van der Waals surface area contributed by atoms with Gasteiger partial charge < -0.3 is 4.98 Å². The van der Waals surface area contributed by atoms with Gasteiger partial charge in [0, 0.05) is 17.6 Å². The first-order valence-electron chi connectivity index (χ1n) is 6.62. The number of nitrogens with zero attached hydrogens (tertiary/aromatic N) is 1. The zero-order chi connectivity index (χ0) is 14.2. The third-order valence-corrected chi connectivity index (χ3v) is 4.48. The monoisotopic (exact) mass is 306 g/mol. The van der Waals surface area contributed by atoms with Gasteiger partial charge in [-0.3, -0.25) is 4.79 Å². The van der Waals surface area contributed by atoms with Gasteiger partial charge in [-0.25, -0.2) is 4.98 Å². The molecule has 1 N–H and O–H groups in total. The highest BCUT2D eigenvalue weighted by Crippen LogP contribution is 2.15. The molecule has 1 aromatic carbocycles. The Morgan fingerprint density at radius 1 is 1.25 bits per heavy atom. The summed E-state index contributed by atoms with van der Waals surface area (Å²) in [5.74, 6) is 2.74. The number of hydrogen-bond donors (Lipinski definition) is 1. The van der Waals surface area contributed by atoms with Crippen LogP contribution in [0.5, 0.6) is 0 Å². The summed E-state index contributed by atoms with van der Waals surface area (Å²) in [4.78, 5) is 18.9. The third-order valence-electron chi connectivity index (χ3n) is 2.70. The Morgan fingerprint density at radius 2 is 2.05 bits per heavy atom. The molecule has 0 saturated heterocycles. The fourth-order valence-corrected chi connectivity index (χ4v) is 3.19. The van der Waals surface area contributed by atoms with E-state index in [0.29, 0.717) is 0 Å². The maximum Gasteiger partial charge on any atom is 0.251 e. The molecule has 0 saturated carbocycles. The van der Waals surface area contributed by atoms with Gasteiger partial charge in [-0.1, -0.05) is 49.0 Å². The molecule has 2 rings (SSSR count). The van der Waals surface area contributed by atoms with E-state index in [1.54, 1.807) is 29.6 Å². The van der Waals surface area contributed by atoms with E-state index in [1.807, 2.05) is 18.2 Å². The Balaban J connectivity index is 1.92. The van der Waals surface area contributed by atoms with Crippen LogP contribution in [0.25, 0.3) is 0 Å². The highest BCUT2D eigenvalue weighted by Gasteiger charge is 2.02. The second-order valence-corrected chi connectivity index (χ2v) is 6.62. The van der Waals surface area contributed by atoms with Crippen LogP contribution in [0.2, 0.25) is 0 Å². The van der Waals surface area contributed by atoms with E-state index in [9.17, 15) is 4.79 Å². The molecule has 3 nitrogen and oxygen atoms in total. The number of hydrogen-bond acceptors (Lipinski definition) is 4. The minimum absolute atomic E-state index is 0.0612. The van der Waals surface area contributed by atoms with Crippen molar-refractivity contribution in [3.8, 4) is 0 Å². The molecule has 0 aliphatic carbocycles. The summed E-state index contributed by atoms with van der Waals surface area (Å²) >= 11 is 3.38. The van der Waals surface area contributed by atoms with Crippen molar-refractivity contribution >= 4 is 23.5 Å². The van der Waals surface area contributed by atoms with Crippen LogP contribution in [0.1, 0.15) is 18.2 Å². The molecule has 106 valence electrons. The largest absolute Gasteiger partial charge is 0.301 e. The molecule has 0 amide bonds. The van der Waals surface area contributed by atoms with E-state index in [1.165, 1.54) is 5.56 Å². The molecule has 0 atom stereocenters. The fourth-order valence-electron chi connectivity index (χ4n) is 1.74. The van der Waals surface area contributed by atoms with Crippen LogP contribution in [0.3, 0.4) is 0 Å². The fraction of sp³-hybridized carbons (Fsp3) is 0.333. The molecule has 1 heterocycles. The molecular weight excluding hydrogens is 288 g/mol. The number of thioether (sulfide) groups is 2. The number of nitrogens with one attached hydrogen (secondary N) is 1. The zero-order valence-corrected chi connectivity index (χ0v) is 13.1. The van der Waals surface area contributed by atoms with Gasteiger partial charge in [0.2, 0.25) is 0 Å². The quantitative estimate of drug-likeness (QED) is 0.629. The molecule has 0 fully saturated rings. The molecule has 0 bridgehead atoms. The number of aromatic nitrogens is 2. The van der Waals surface area contributed by atoms with Crippen LogP contribution >= 0.6 is 23.5 Å². The van der Waals surface area contributed by atoms with Gasteiger partial charge in [0.15, 0.2) is 5.16 Å². The van der Waals surface area contributed by atoms with Gasteiger partial charge in [0.05, 0.1) is 5.69 Å². The van der Waals surface area contributed by atoms with Gasteiger partial charge in [0.1, 0.15) is 0 Å². The standard InChI is InChI=1S/C15H18N2OS2/c1-2-19-11-13-10-14(18)17-15(16-13)20-9-8-12-6-4-3-5-7-12/h3-7,10H,2,8-9,11H2,1H3,(H,16,17,18). The molecule has 0 aliphatic heterocycles. The average Bonchev–Trinajstić information content (AvgIpc) is 2.46. The Morgan fingerprint density at radius 3 is 2.80 bits per heavy atom. The van der Waals surface area contributed by atoms with Crippen molar-refractivity contribution in [3.05, 3.63) is 58.0 Å². The normalized spacial score (nSPS) is 10.7. The summed E-state index contributed by atoms with van der Waals surface area (Å²) in [6.45, 7) is 2.10.